The molecule has 0 aromatic heterocycles. The van der Waals surface area contributed by atoms with Crippen LogP contribution in [0.2, 0.25) is 10.0 Å². The van der Waals surface area contributed by atoms with E-state index in [1.54, 1.807) is 37.3 Å². The fourth-order valence-corrected chi connectivity index (χ4v) is 4.65. The first kappa shape index (κ1) is 32.0. The summed E-state index contributed by atoms with van der Waals surface area (Å²) in [4.78, 5) is 26.2. The maximum absolute atomic E-state index is 13.2. The molecular formula is C30H30BrCl2N3O5. The molecule has 0 heterocycles. The topological polar surface area (TPSA) is 98.2 Å². The number of nitrogens with one attached hydrogen (secondary N) is 2. The van der Waals surface area contributed by atoms with E-state index < -0.39 is 24.0 Å². The van der Waals surface area contributed by atoms with Crippen LogP contribution in [0.1, 0.15) is 25.0 Å². The molecule has 0 saturated heterocycles. The molecule has 0 aliphatic carbocycles. The SMILES string of the molecule is C=CCOc1c(Br)cc(/C=N\NC(=O)[C@@H](Cc2ccccc2)NC(=O)[C@H](C)Oc2ccc(Cl)cc2Cl)cc1OCC. The van der Waals surface area contributed by atoms with Gasteiger partial charge in [0.05, 0.1) is 22.3 Å². The van der Waals surface area contributed by atoms with Crippen LogP contribution >= 0.6 is 39.1 Å². The maximum atomic E-state index is 13.2. The van der Waals surface area contributed by atoms with Gasteiger partial charge >= 0.3 is 0 Å². The van der Waals surface area contributed by atoms with E-state index in [0.717, 1.165) is 5.56 Å². The van der Waals surface area contributed by atoms with Gasteiger partial charge in [0.15, 0.2) is 17.6 Å². The molecule has 3 aromatic carbocycles. The average Bonchev–Trinajstić information content (AvgIpc) is 2.94. The number of halogens is 3. The Labute approximate surface area is 257 Å². The summed E-state index contributed by atoms with van der Waals surface area (Å²) in [5.41, 5.74) is 4.02. The quantitative estimate of drug-likeness (QED) is 0.119. The fourth-order valence-electron chi connectivity index (χ4n) is 3.62. The number of hydrogen-bond acceptors (Lipinski definition) is 6. The highest BCUT2D eigenvalue weighted by atomic mass is 79.9. The lowest BCUT2D eigenvalue weighted by molar-refractivity contribution is -0.132. The second kappa shape index (κ2) is 16.0. The molecule has 0 unspecified atom stereocenters. The van der Waals surface area contributed by atoms with E-state index in [9.17, 15) is 9.59 Å². The molecule has 2 amide bonds. The van der Waals surface area contributed by atoms with Crippen LogP contribution in [-0.4, -0.2) is 43.4 Å². The van der Waals surface area contributed by atoms with Crippen LogP contribution in [0, 0.1) is 0 Å². The van der Waals surface area contributed by atoms with Gasteiger partial charge in [0, 0.05) is 11.4 Å². The van der Waals surface area contributed by atoms with Gasteiger partial charge in [-0.3, -0.25) is 9.59 Å². The van der Waals surface area contributed by atoms with Crippen LogP contribution in [0.25, 0.3) is 0 Å². The predicted octanol–water partition coefficient (Wildman–Crippen LogP) is 6.36. The minimum atomic E-state index is -0.945. The standard InChI is InChI=1S/C30H30BrCl2N3O5/c1-4-13-40-28-23(31)14-21(16-27(28)39-5-2)18-34-36-30(38)25(15-20-9-7-6-8-10-20)35-29(37)19(3)41-26-12-11-22(32)17-24(26)33/h4,6-12,14,16-19,25H,1,5,13,15H2,2-3H3,(H,35,37)(H,36,38)/b34-18-/t19-,25+/m0/s1. The third-order valence-corrected chi connectivity index (χ3v) is 6.67. The van der Waals surface area contributed by atoms with Crippen LogP contribution in [0.15, 0.2) is 82.9 Å². The van der Waals surface area contributed by atoms with Gasteiger partial charge < -0.3 is 19.5 Å². The van der Waals surface area contributed by atoms with Crippen molar-refractivity contribution in [3.05, 3.63) is 99.0 Å². The molecule has 0 fully saturated rings. The van der Waals surface area contributed by atoms with Crippen molar-refractivity contribution in [2.24, 2.45) is 5.10 Å². The van der Waals surface area contributed by atoms with Gasteiger partial charge in [-0.05, 0) is 71.2 Å². The number of carbonyl (C=O) groups is 2. The Morgan fingerprint density at radius 3 is 2.49 bits per heavy atom. The lowest BCUT2D eigenvalue weighted by Crippen LogP contribution is -2.50. The molecule has 11 heteroatoms. The number of rotatable bonds is 14. The molecule has 8 nitrogen and oxygen atoms in total. The maximum Gasteiger partial charge on any atom is 0.262 e. The number of ether oxygens (including phenoxy) is 3. The summed E-state index contributed by atoms with van der Waals surface area (Å²) in [5.74, 6) is 0.336. The van der Waals surface area contributed by atoms with Crippen molar-refractivity contribution in [3.63, 3.8) is 0 Å². The highest BCUT2D eigenvalue weighted by Crippen LogP contribution is 2.36. The summed E-state index contributed by atoms with van der Waals surface area (Å²) < 4.78 is 17.8. The lowest BCUT2D eigenvalue weighted by atomic mass is 10.1. The van der Waals surface area contributed by atoms with Crippen LogP contribution in [0.3, 0.4) is 0 Å². The van der Waals surface area contributed by atoms with E-state index >= 15 is 0 Å². The minimum absolute atomic E-state index is 0.234. The number of hydrogen-bond donors (Lipinski definition) is 2. The minimum Gasteiger partial charge on any atom is -0.490 e. The van der Waals surface area contributed by atoms with Crippen molar-refractivity contribution < 1.29 is 23.8 Å². The van der Waals surface area contributed by atoms with E-state index in [0.29, 0.717) is 45.5 Å². The van der Waals surface area contributed by atoms with Crippen LogP contribution in [0.5, 0.6) is 17.2 Å². The van der Waals surface area contributed by atoms with Gasteiger partial charge in [-0.2, -0.15) is 5.10 Å². The molecule has 3 rings (SSSR count). The molecule has 2 N–H and O–H groups in total. The Morgan fingerprint density at radius 2 is 1.80 bits per heavy atom. The van der Waals surface area contributed by atoms with Gasteiger partial charge in [0.1, 0.15) is 18.4 Å². The first-order valence-corrected chi connectivity index (χ1v) is 14.3. The summed E-state index contributed by atoms with van der Waals surface area (Å²) in [5, 5.41) is 7.57. The third-order valence-electron chi connectivity index (χ3n) is 5.55. The van der Waals surface area contributed by atoms with E-state index in [1.807, 2.05) is 37.3 Å². The van der Waals surface area contributed by atoms with Crippen molar-refractivity contribution in [1.29, 1.82) is 0 Å². The number of nitrogens with zero attached hydrogens (tertiary/aromatic N) is 1. The molecule has 2 atom stereocenters. The predicted molar refractivity (Wildman–Crippen MR) is 165 cm³/mol. The van der Waals surface area contributed by atoms with E-state index in [2.05, 4.69) is 38.4 Å². The van der Waals surface area contributed by atoms with Gasteiger partial charge in [-0.1, -0.05) is 66.2 Å². The normalized spacial score (nSPS) is 12.3. The first-order valence-electron chi connectivity index (χ1n) is 12.7. The summed E-state index contributed by atoms with van der Waals surface area (Å²) in [6, 6.07) is 16.6. The Bertz CT molecular complexity index is 1390. The van der Waals surface area contributed by atoms with Crippen molar-refractivity contribution in [2.75, 3.05) is 13.2 Å². The molecule has 0 radical (unpaired) electrons. The summed E-state index contributed by atoms with van der Waals surface area (Å²) in [6.07, 6.45) is 2.40. The Balaban J connectivity index is 1.73. The van der Waals surface area contributed by atoms with Crippen LogP contribution < -0.4 is 25.0 Å². The molecule has 0 spiro atoms. The van der Waals surface area contributed by atoms with Crippen molar-refractivity contribution in [3.8, 4) is 17.2 Å². The van der Waals surface area contributed by atoms with E-state index in [1.165, 1.54) is 12.3 Å². The van der Waals surface area contributed by atoms with Crippen molar-refractivity contribution >= 4 is 57.2 Å². The van der Waals surface area contributed by atoms with Crippen LogP contribution in [0.4, 0.5) is 0 Å². The highest BCUT2D eigenvalue weighted by Gasteiger charge is 2.25. The summed E-state index contributed by atoms with van der Waals surface area (Å²) in [6.45, 7) is 7.83. The van der Waals surface area contributed by atoms with Gasteiger partial charge in [-0.15, -0.1) is 0 Å². The molecule has 0 bridgehead atoms. The Morgan fingerprint density at radius 1 is 1.05 bits per heavy atom. The van der Waals surface area contributed by atoms with Gasteiger partial charge in [0.2, 0.25) is 0 Å². The average molecular weight is 663 g/mol. The smallest absolute Gasteiger partial charge is 0.262 e. The van der Waals surface area contributed by atoms with Gasteiger partial charge in [0.25, 0.3) is 11.8 Å². The second-order valence-corrected chi connectivity index (χ2v) is 10.4. The molecular weight excluding hydrogens is 633 g/mol. The molecule has 3 aromatic rings. The largest absolute Gasteiger partial charge is 0.490 e. The number of amides is 2. The van der Waals surface area contributed by atoms with E-state index in [4.69, 9.17) is 37.4 Å². The third kappa shape index (κ3) is 9.81. The van der Waals surface area contributed by atoms with Crippen molar-refractivity contribution in [2.45, 2.75) is 32.4 Å². The lowest BCUT2D eigenvalue weighted by Gasteiger charge is -2.21. The van der Waals surface area contributed by atoms with Crippen LogP contribution in [-0.2, 0) is 16.0 Å². The molecule has 0 aliphatic heterocycles. The van der Waals surface area contributed by atoms with E-state index in [-0.39, 0.29) is 11.4 Å². The summed E-state index contributed by atoms with van der Waals surface area (Å²) in [7, 11) is 0. The monoisotopic (exact) mass is 661 g/mol. The molecule has 216 valence electrons. The number of carbonyl (C=O) groups excluding carboxylic acids is 2. The number of hydrazone groups is 1. The zero-order valence-corrected chi connectivity index (χ0v) is 25.6. The molecule has 41 heavy (non-hydrogen) atoms. The zero-order chi connectivity index (χ0) is 29.8. The first-order chi connectivity index (χ1) is 19.7. The molecule has 0 aliphatic rings. The Hall–Kier alpha value is -3.53. The molecule has 0 saturated carbocycles. The summed E-state index contributed by atoms with van der Waals surface area (Å²) >= 11 is 15.6. The fraction of sp³-hybridized carbons (Fsp3) is 0.233. The van der Waals surface area contributed by atoms with Crippen molar-refractivity contribution in [1.82, 2.24) is 10.7 Å². The zero-order valence-electron chi connectivity index (χ0n) is 22.5. The Kier molecular flexibility index (Phi) is 12.5. The highest BCUT2D eigenvalue weighted by molar-refractivity contribution is 9.10. The number of benzene rings is 3. The van der Waals surface area contributed by atoms with Gasteiger partial charge in [-0.25, -0.2) is 5.43 Å². The second-order valence-electron chi connectivity index (χ2n) is 8.68.